The molecule has 3 rings (SSSR count). The molecule has 1 aromatic heterocycles. The molecule has 3 aromatic rings. The molecule has 0 unspecified atom stereocenters. The van der Waals surface area contributed by atoms with Crippen LogP contribution in [-0.4, -0.2) is 28.1 Å². The monoisotopic (exact) mass is 403 g/mol. The number of ketones is 1. The predicted molar refractivity (Wildman–Crippen MR) is 99.1 cm³/mol. The minimum Gasteiger partial charge on any atom is -0.484 e. The van der Waals surface area contributed by atoms with Crippen LogP contribution in [0.5, 0.6) is 5.75 Å². The van der Waals surface area contributed by atoms with Crippen molar-refractivity contribution in [1.82, 2.24) is 9.78 Å². The van der Waals surface area contributed by atoms with E-state index in [1.54, 1.807) is 30.5 Å². The van der Waals surface area contributed by atoms with Crippen molar-refractivity contribution in [2.45, 2.75) is 13.1 Å². The molecule has 1 N–H and O–H groups in total. The molecule has 0 saturated heterocycles. The molecule has 0 aliphatic rings. The summed E-state index contributed by atoms with van der Waals surface area (Å²) in [6.07, 6.45) is -1.55. The molecule has 29 heavy (non-hydrogen) atoms. The smallest absolute Gasteiger partial charge is 0.416 e. The van der Waals surface area contributed by atoms with Gasteiger partial charge in [-0.1, -0.05) is 12.1 Å². The normalized spacial score (nSPS) is 11.2. The van der Waals surface area contributed by atoms with Gasteiger partial charge in [0.25, 0.3) is 5.91 Å². The number of aromatic nitrogens is 2. The fourth-order valence-corrected chi connectivity index (χ4v) is 2.56. The highest BCUT2D eigenvalue weighted by atomic mass is 19.4. The summed E-state index contributed by atoms with van der Waals surface area (Å²) in [6.45, 7) is 0.951. The van der Waals surface area contributed by atoms with Crippen LogP contribution in [0.3, 0.4) is 0 Å². The minimum absolute atomic E-state index is 0.0605. The first-order chi connectivity index (χ1) is 13.7. The summed E-state index contributed by atoms with van der Waals surface area (Å²) in [6, 6.07) is 10.8. The molecule has 150 valence electrons. The number of halogens is 3. The zero-order valence-corrected chi connectivity index (χ0v) is 15.2. The van der Waals surface area contributed by atoms with Crippen LogP contribution in [0.25, 0.3) is 5.69 Å². The van der Waals surface area contributed by atoms with Crippen molar-refractivity contribution in [3.8, 4) is 11.4 Å². The molecular formula is C20H16F3N3O3. The lowest BCUT2D eigenvalue weighted by Gasteiger charge is -2.15. The van der Waals surface area contributed by atoms with Crippen LogP contribution in [0, 0.1) is 0 Å². The van der Waals surface area contributed by atoms with Crippen LogP contribution < -0.4 is 10.1 Å². The Morgan fingerprint density at radius 2 is 1.93 bits per heavy atom. The molecule has 0 spiro atoms. The van der Waals surface area contributed by atoms with E-state index in [0.717, 1.165) is 12.1 Å². The first kappa shape index (κ1) is 20.1. The van der Waals surface area contributed by atoms with E-state index in [9.17, 15) is 22.8 Å². The lowest BCUT2D eigenvalue weighted by atomic mass is 10.1. The summed E-state index contributed by atoms with van der Waals surface area (Å²) in [7, 11) is 0. The van der Waals surface area contributed by atoms with Crippen molar-refractivity contribution in [3.63, 3.8) is 0 Å². The lowest BCUT2D eigenvalue weighted by Crippen LogP contribution is -2.21. The molecule has 1 amide bonds. The Labute approximate surface area is 163 Å². The molecule has 2 aromatic carbocycles. The van der Waals surface area contributed by atoms with Crippen LogP contribution >= 0.6 is 0 Å². The highest BCUT2D eigenvalue weighted by Crippen LogP contribution is 2.33. The summed E-state index contributed by atoms with van der Waals surface area (Å²) in [5.41, 5.74) is -0.273. The maximum absolute atomic E-state index is 13.1. The predicted octanol–water partition coefficient (Wildman–Crippen LogP) is 4.11. The van der Waals surface area contributed by atoms with E-state index in [-0.39, 0.29) is 17.2 Å². The maximum atomic E-state index is 13.1. The number of amides is 1. The fourth-order valence-electron chi connectivity index (χ4n) is 2.56. The van der Waals surface area contributed by atoms with Crippen molar-refractivity contribution >= 4 is 17.4 Å². The maximum Gasteiger partial charge on any atom is 0.416 e. The van der Waals surface area contributed by atoms with Crippen LogP contribution in [0.4, 0.5) is 18.9 Å². The van der Waals surface area contributed by atoms with Crippen LogP contribution in [0.1, 0.15) is 22.8 Å². The van der Waals surface area contributed by atoms with Gasteiger partial charge in [-0.3, -0.25) is 9.59 Å². The van der Waals surface area contributed by atoms with Gasteiger partial charge in [-0.2, -0.15) is 18.3 Å². The number of Topliss-reactive ketones (excluding diaryl/α,β-unsaturated/α-hetero) is 1. The van der Waals surface area contributed by atoms with Crippen molar-refractivity contribution < 1.29 is 27.5 Å². The van der Waals surface area contributed by atoms with Crippen LogP contribution in [0.2, 0.25) is 0 Å². The zero-order valence-electron chi connectivity index (χ0n) is 15.2. The molecule has 1 heterocycles. The summed E-state index contributed by atoms with van der Waals surface area (Å²) in [5.74, 6) is -0.525. The SMILES string of the molecule is CC(=O)c1cccc(OCC(=O)Nc2cc(C(F)(F)F)ccc2-n2cccn2)c1. The Morgan fingerprint density at radius 1 is 1.14 bits per heavy atom. The van der Waals surface area contributed by atoms with E-state index in [0.29, 0.717) is 11.3 Å². The average molecular weight is 403 g/mol. The quantitative estimate of drug-likeness (QED) is 0.629. The van der Waals surface area contributed by atoms with Gasteiger partial charge in [-0.25, -0.2) is 4.68 Å². The van der Waals surface area contributed by atoms with E-state index in [1.165, 1.54) is 29.9 Å². The average Bonchev–Trinajstić information content (AvgIpc) is 3.20. The fraction of sp³-hybridized carbons (Fsp3) is 0.150. The Kier molecular flexibility index (Phi) is 5.67. The van der Waals surface area contributed by atoms with Gasteiger partial charge < -0.3 is 10.1 Å². The minimum atomic E-state index is -4.56. The summed E-state index contributed by atoms with van der Waals surface area (Å²) >= 11 is 0. The third-order valence-electron chi connectivity index (χ3n) is 3.96. The number of carbonyl (C=O) groups is 2. The number of hydrogen-bond donors (Lipinski definition) is 1. The second-order valence-electron chi connectivity index (χ2n) is 6.10. The second kappa shape index (κ2) is 8.17. The molecular weight excluding hydrogens is 387 g/mol. The van der Waals surface area contributed by atoms with Crippen LogP contribution in [-0.2, 0) is 11.0 Å². The number of ether oxygens (including phenoxy) is 1. The largest absolute Gasteiger partial charge is 0.484 e. The number of benzene rings is 2. The van der Waals surface area contributed by atoms with E-state index in [1.807, 2.05) is 0 Å². The van der Waals surface area contributed by atoms with Gasteiger partial charge in [-0.15, -0.1) is 0 Å². The van der Waals surface area contributed by atoms with Gasteiger partial charge in [0.05, 0.1) is 16.9 Å². The van der Waals surface area contributed by atoms with E-state index < -0.39 is 24.3 Å². The Balaban J connectivity index is 1.78. The topological polar surface area (TPSA) is 73.2 Å². The third-order valence-corrected chi connectivity index (χ3v) is 3.96. The molecule has 0 atom stereocenters. The van der Waals surface area contributed by atoms with Gasteiger partial charge in [0.15, 0.2) is 12.4 Å². The third kappa shape index (κ3) is 5.01. The molecule has 0 fully saturated rings. The highest BCUT2D eigenvalue weighted by Gasteiger charge is 2.31. The molecule has 0 aliphatic carbocycles. The Morgan fingerprint density at radius 3 is 2.59 bits per heavy atom. The van der Waals surface area contributed by atoms with E-state index >= 15 is 0 Å². The van der Waals surface area contributed by atoms with Gasteiger partial charge >= 0.3 is 6.18 Å². The standard InChI is InChI=1S/C20H16F3N3O3/c1-13(27)14-4-2-5-16(10-14)29-12-19(28)25-17-11-15(20(21,22)23)6-7-18(17)26-9-3-8-24-26/h2-11H,12H2,1H3,(H,25,28). The lowest BCUT2D eigenvalue weighted by molar-refractivity contribution is -0.137. The summed E-state index contributed by atoms with van der Waals surface area (Å²) < 4.78 is 45.9. The summed E-state index contributed by atoms with van der Waals surface area (Å²) in [4.78, 5) is 23.7. The summed E-state index contributed by atoms with van der Waals surface area (Å²) in [5, 5.41) is 6.41. The Bertz CT molecular complexity index is 1030. The van der Waals surface area contributed by atoms with E-state index in [2.05, 4.69) is 10.4 Å². The zero-order chi connectivity index (χ0) is 21.0. The molecule has 0 radical (unpaired) electrons. The van der Waals surface area contributed by atoms with Gasteiger partial charge in [0.2, 0.25) is 0 Å². The Hall–Kier alpha value is -3.62. The molecule has 6 nitrogen and oxygen atoms in total. The number of alkyl halides is 3. The molecule has 9 heteroatoms. The molecule has 0 saturated carbocycles. The van der Waals surface area contributed by atoms with Crippen molar-refractivity contribution in [2.24, 2.45) is 0 Å². The number of hydrogen-bond acceptors (Lipinski definition) is 4. The highest BCUT2D eigenvalue weighted by molar-refractivity contribution is 5.95. The van der Waals surface area contributed by atoms with Gasteiger partial charge in [-0.05, 0) is 43.3 Å². The second-order valence-corrected chi connectivity index (χ2v) is 6.10. The van der Waals surface area contributed by atoms with Crippen molar-refractivity contribution in [1.29, 1.82) is 0 Å². The van der Waals surface area contributed by atoms with Crippen molar-refractivity contribution in [2.75, 3.05) is 11.9 Å². The number of nitrogens with zero attached hydrogens (tertiary/aromatic N) is 2. The van der Waals surface area contributed by atoms with E-state index in [4.69, 9.17) is 4.74 Å². The first-order valence-electron chi connectivity index (χ1n) is 8.49. The number of anilines is 1. The van der Waals surface area contributed by atoms with Crippen molar-refractivity contribution in [3.05, 3.63) is 72.1 Å². The van der Waals surface area contributed by atoms with Gasteiger partial charge in [0.1, 0.15) is 5.75 Å². The number of nitrogens with one attached hydrogen (secondary N) is 1. The first-order valence-corrected chi connectivity index (χ1v) is 8.49. The molecule has 0 aliphatic heterocycles. The number of rotatable bonds is 6. The molecule has 0 bridgehead atoms. The number of carbonyl (C=O) groups excluding carboxylic acids is 2. The van der Waals surface area contributed by atoms with Crippen LogP contribution in [0.15, 0.2) is 60.9 Å². The van der Waals surface area contributed by atoms with Gasteiger partial charge in [0, 0.05) is 18.0 Å².